The number of hydrogen-bond acceptors (Lipinski definition) is 2. The Bertz CT molecular complexity index is 217. The number of rotatable bonds is 2. The van der Waals surface area contributed by atoms with Crippen LogP contribution in [0.25, 0.3) is 0 Å². The first-order valence-corrected chi connectivity index (χ1v) is 4.53. The first-order chi connectivity index (χ1) is 5.62. The molecule has 2 unspecified atom stereocenters. The molecule has 1 heterocycles. The van der Waals surface area contributed by atoms with Gasteiger partial charge in [0, 0.05) is 13.0 Å². The Balaban J connectivity index is 1.89. The zero-order valence-corrected chi connectivity index (χ0v) is 7.42. The van der Waals surface area contributed by atoms with Crippen molar-refractivity contribution in [1.29, 1.82) is 0 Å². The molecule has 1 aliphatic heterocycles. The molecule has 0 bridgehead atoms. The summed E-state index contributed by atoms with van der Waals surface area (Å²) in [5.41, 5.74) is 0.410. The molecule has 3 nitrogen and oxygen atoms in total. The molecular weight excluding hydrogens is 154 g/mol. The Morgan fingerprint density at radius 1 is 1.75 bits per heavy atom. The number of likely N-dealkylation sites (tertiary alicyclic amines) is 1. The Kier molecular flexibility index (Phi) is 1.65. The monoisotopic (exact) mass is 169 g/mol. The van der Waals surface area contributed by atoms with E-state index in [-0.39, 0.29) is 0 Å². The lowest BCUT2D eigenvalue weighted by atomic mass is 10.0. The van der Waals surface area contributed by atoms with E-state index in [0.29, 0.717) is 17.8 Å². The number of aliphatic carboxylic acids is 1. The molecule has 3 heteroatoms. The first-order valence-electron chi connectivity index (χ1n) is 4.53. The van der Waals surface area contributed by atoms with Crippen LogP contribution < -0.4 is 0 Å². The summed E-state index contributed by atoms with van der Waals surface area (Å²) >= 11 is 0. The molecule has 2 rings (SSSR count). The molecule has 0 radical (unpaired) electrons. The lowest BCUT2D eigenvalue weighted by molar-refractivity contribution is -0.137. The summed E-state index contributed by atoms with van der Waals surface area (Å²) in [4.78, 5) is 12.8. The molecule has 2 fully saturated rings. The third-order valence-corrected chi connectivity index (χ3v) is 3.36. The fourth-order valence-corrected chi connectivity index (χ4v) is 2.54. The highest BCUT2D eigenvalue weighted by Crippen LogP contribution is 2.59. The van der Waals surface area contributed by atoms with Crippen LogP contribution in [-0.2, 0) is 4.79 Å². The third kappa shape index (κ3) is 1.22. The molecule has 0 amide bonds. The molecule has 1 saturated carbocycles. The van der Waals surface area contributed by atoms with Gasteiger partial charge in [-0.3, -0.25) is 4.79 Å². The van der Waals surface area contributed by atoms with Crippen molar-refractivity contribution in [2.45, 2.75) is 19.3 Å². The minimum absolute atomic E-state index is 0.383. The molecule has 2 aliphatic rings. The van der Waals surface area contributed by atoms with E-state index >= 15 is 0 Å². The van der Waals surface area contributed by atoms with Crippen molar-refractivity contribution in [1.82, 2.24) is 4.90 Å². The second kappa shape index (κ2) is 2.46. The zero-order valence-electron chi connectivity index (χ0n) is 7.42. The average molecular weight is 169 g/mol. The zero-order chi connectivity index (χ0) is 8.77. The average Bonchev–Trinajstić information content (AvgIpc) is 2.42. The van der Waals surface area contributed by atoms with Crippen LogP contribution in [0.15, 0.2) is 0 Å². The van der Waals surface area contributed by atoms with E-state index in [1.807, 2.05) is 0 Å². The van der Waals surface area contributed by atoms with E-state index in [1.54, 1.807) is 0 Å². The lowest BCUT2D eigenvalue weighted by Crippen LogP contribution is -2.16. The van der Waals surface area contributed by atoms with Crippen molar-refractivity contribution in [3.63, 3.8) is 0 Å². The SMILES string of the molecule is CN1CCC2(CC2CC(=O)O)C1. The Morgan fingerprint density at radius 3 is 3.00 bits per heavy atom. The molecule has 1 saturated heterocycles. The van der Waals surface area contributed by atoms with Crippen LogP contribution in [0.5, 0.6) is 0 Å². The van der Waals surface area contributed by atoms with E-state index in [9.17, 15) is 4.79 Å². The number of carboxylic acids is 1. The van der Waals surface area contributed by atoms with Crippen molar-refractivity contribution in [2.75, 3.05) is 20.1 Å². The van der Waals surface area contributed by atoms with Crippen molar-refractivity contribution < 1.29 is 9.90 Å². The fourth-order valence-electron chi connectivity index (χ4n) is 2.54. The molecular formula is C9H15NO2. The predicted molar refractivity (Wildman–Crippen MR) is 44.9 cm³/mol. The molecule has 12 heavy (non-hydrogen) atoms. The van der Waals surface area contributed by atoms with Gasteiger partial charge in [-0.05, 0) is 37.8 Å². The van der Waals surface area contributed by atoms with Crippen molar-refractivity contribution in [3.8, 4) is 0 Å². The molecule has 0 aromatic rings. The summed E-state index contributed by atoms with van der Waals surface area (Å²) in [5, 5.41) is 8.62. The summed E-state index contributed by atoms with van der Waals surface area (Å²) in [7, 11) is 2.12. The van der Waals surface area contributed by atoms with Gasteiger partial charge in [0.15, 0.2) is 0 Å². The van der Waals surface area contributed by atoms with Crippen molar-refractivity contribution in [2.24, 2.45) is 11.3 Å². The maximum atomic E-state index is 10.5. The van der Waals surface area contributed by atoms with Crippen LogP contribution in [0.4, 0.5) is 0 Å². The number of carboxylic acid groups (broad SMARTS) is 1. The van der Waals surface area contributed by atoms with Gasteiger partial charge in [-0.15, -0.1) is 0 Å². The topological polar surface area (TPSA) is 40.5 Å². The van der Waals surface area contributed by atoms with Crippen LogP contribution in [0.3, 0.4) is 0 Å². The molecule has 2 atom stereocenters. The first kappa shape index (κ1) is 8.05. The highest BCUT2D eigenvalue weighted by molar-refractivity contribution is 5.67. The minimum Gasteiger partial charge on any atom is -0.481 e. The lowest BCUT2D eigenvalue weighted by Gasteiger charge is -2.08. The van der Waals surface area contributed by atoms with Gasteiger partial charge in [-0.1, -0.05) is 0 Å². The Labute approximate surface area is 72.4 Å². The van der Waals surface area contributed by atoms with Gasteiger partial charge in [0.05, 0.1) is 0 Å². The van der Waals surface area contributed by atoms with Gasteiger partial charge in [0.1, 0.15) is 0 Å². The second-order valence-corrected chi connectivity index (χ2v) is 4.35. The molecule has 1 spiro atoms. The van der Waals surface area contributed by atoms with E-state index in [1.165, 1.54) is 6.42 Å². The van der Waals surface area contributed by atoms with Gasteiger partial charge in [0.25, 0.3) is 0 Å². The number of hydrogen-bond donors (Lipinski definition) is 1. The Morgan fingerprint density at radius 2 is 2.50 bits per heavy atom. The second-order valence-electron chi connectivity index (χ2n) is 4.35. The van der Waals surface area contributed by atoms with Crippen LogP contribution in [-0.4, -0.2) is 36.1 Å². The van der Waals surface area contributed by atoms with Gasteiger partial charge in [0.2, 0.25) is 0 Å². The predicted octanol–water partition coefficient (Wildman–Crippen LogP) is 0.803. The van der Waals surface area contributed by atoms with Crippen molar-refractivity contribution >= 4 is 5.97 Å². The standard InChI is InChI=1S/C9H15NO2/c1-10-3-2-9(6-10)5-7(9)4-8(11)12/h7H,2-6H2,1H3,(H,11,12). The summed E-state index contributed by atoms with van der Waals surface area (Å²) in [6.45, 7) is 2.26. The molecule has 68 valence electrons. The largest absolute Gasteiger partial charge is 0.481 e. The van der Waals surface area contributed by atoms with Crippen LogP contribution in [0.1, 0.15) is 19.3 Å². The van der Waals surface area contributed by atoms with E-state index in [0.717, 1.165) is 19.5 Å². The number of nitrogens with zero attached hydrogens (tertiary/aromatic N) is 1. The maximum Gasteiger partial charge on any atom is 0.303 e. The van der Waals surface area contributed by atoms with Crippen LogP contribution in [0.2, 0.25) is 0 Å². The normalized spacial score (nSPS) is 40.6. The van der Waals surface area contributed by atoms with Gasteiger partial charge < -0.3 is 10.0 Å². The van der Waals surface area contributed by atoms with Gasteiger partial charge in [-0.2, -0.15) is 0 Å². The van der Waals surface area contributed by atoms with Crippen molar-refractivity contribution in [3.05, 3.63) is 0 Å². The van der Waals surface area contributed by atoms with E-state index in [4.69, 9.17) is 5.11 Å². The highest BCUT2D eigenvalue weighted by Gasteiger charge is 2.56. The third-order valence-electron chi connectivity index (χ3n) is 3.36. The minimum atomic E-state index is -0.633. The summed E-state index contributed by atoms with van der Waals surface area (Å²) < 4.78 is 0. The van der Waals surface area contributed by atoms with Gasteiger partial charge in [-0.25, -0.2) is 0 Å². The summed E-state index contributed by atoms with van der Waals surface area (Å²) in [6, 6.07) is 0. The fraction of sp³-hybridized carbons (Fsp3) is 0.889. The quantitative estimate of drug-likeness (QED) is 0.664. The summed E-state index contributed by atoms with van der Waals surface area (Å²) in [6.07, 6.45) is 2.74. The van der Waals surface area contributed by atoms with E-state index in [2.05, 4.69) is 11.9 Å². The highest BCUT2D eigenvalue weighted by atomic mass is 16.4. The van der Waals surface area contributed by atoms with Crippen LogP contribution >= 0.6 is 0 Å². The Hall–Kier alpha value is -0.570. The molecule has 1 aliphatic carbocycles. The smallest absolute Gasteiger partial charge is 0.303 e. The van der Waals surface area contributed by atoms with Gasteiger partial charge >= 0.3 is 5.97 Å². The number of carbonyl (C=O) groups is 1. The molecule has 1 N–H and O–H groups in total. The molecule has 0 aromatic heterocycles. The molecule has 0 aromatic carbocycles. The maximum absolute atomic E-state index is 10.5. The summed E-state index contributed by atoms with van der Waals surface area (Å²) in [5.74, 6) is -0.161. The van der Waals surface area contributed by atoms with E-state index < -0.39 is 5.97 Å². The van der Waals surface area contributed by atoms with Crippen LogP contribution in [0, 0.1) is 11.3 Å².